The van der Waals surface area contributed by atoms with Crippen molar-refractivity contribution in [2.45, 2.75) is 13.0 Å². The maximum Gasteiger partial charge on any atom is 0.373 e. The van der Waals surface area contributed by atoms with Crippen molar-refractivity contribution in [1.29, 1.82) is 0 Å². The average Bonchev–Trinajstić information content (AvgIpc) is 2.87. The van der Waals surface area contributed by atoms with Crippen molar-refractivity contribution in [1.82, 2.24) is 14.7 Å². The van der Waals surface area contributed by atoms with Gasteiger partial charge < -0.3 is 20.3 Å². The minimum Gasteiger partial charge on any atom is -0.358 e. The van der Waals surface area contributed by atoms with Crippen molar-refractivity contribution >= 4 is 27.9 Å². The zero-order valence-corrected chi connectivity index (χ0v) is 10.7. The van der Waals surface area contributed by atoms with Crippen molar-refractivity contribution in [3.8, 4) is 0 Å². The molecule has 0 spiro atoms. The van der Waals surface area contributed by atoms with Crippen LogP contribution in [0.3, 0.4) is 0 Å². The molecule has 3 rings (SSSR count). The Morgan fingerprint density at radius 1 is 1.67 bits per heavy atom. The van der Waals surface area contributed by atoms with Gasteiger partial charge in [-0.25, -0.2) is 0 Å². The average molecular weight is 267 g/mol. The predicted molar refractivity (Wildman–Crippen MR) is 69.4 cm³/mol. The van der Waals surface area contributed by atoms with E-state index in [4.69, 9.17) is 0 Å². The fourth-order valence-corrected chi connectivity index (χ4v) is 2.97. The summed E-state index contributed by atoms with van der Waals surface area (Å²) in [5, 5.41) is 16.3. The predicted octanol–water partition coefficient (Wildman–Crippen LogP) is 1.10. The monoisotopic (exact) mass is 267 g/mol. The number of hydrogen-bond donors (Lipinski definition) is 1. The van der Waals surface area contributed by atoms with E-state index in [0.29, 0.717) is 16.8 Å². The molecule has 1 atom stereocenters. The Morgan fingerprint density at radius 2 is 2.50 bits per heavy atom. The molecule has 1 saturated heterocycles. The molecule has 0 bridgehead atoms. The van der Waals surface area contributed by atoms with Crippen LogP contribution in [-0.2, 0) is 0 Å². The Kier molecular flexibility index (Phi) is 2.67. The van der Waals surface area contributed by atoms with Crippen molar-refractivity contribution < 1.29 is 4.92 Å². The van der Waals surface area contributed by atoms with Gasteiger partial charge in [-0.3, -0.25) is 0 Å². The van der Waals surface area contributed by atoms with Gasteiger partial charge in [-0.05, 0) is 11.8 Å². The molecule has 1 unspecified atom stereocenters. The molecule has 1 aliphatic heterocycles. The van der Waals surface area contributed by atoms with E-state index >= 15 is 0 Å². The molecule has 0 aliphatic carbocycles. The third-order valence-corrected chi connectivity index (χ3v) is 3.82. The Bertz CT molecular complexity index is 592. The van der Waals surface area contributed by atoms with Crippen LogP contribution in [0.15, 0.2) is 11.6 Å². The standard InChI is InChI=1S/C10H13N5O2S/c1-7-6-13(3-2-11-7)8-9(15(16)17)14-4-5-18-10(14)12-8/h4-5,7,11H,2-3,6H2,1H3. The van der Waals surface area contributed by atoms with E-state index < -0.39 is 0 Å². The molecule has 1 fully saturated rings. The number of hydrogen-bond acceptors (Lipinski definition) is 6. The quantitative estimate of drug-likeness (QED) is 0.651. The van der Waals surface area contributed by atoms with Crippen LogP contribution < -0.4 is 10.2 Å². The molecule has 8 heteroatoms. The van der Waals surface area contributed by atoms with E-state index in [1.54, 1.807) is 16.0 Å². The Morgan fingerprint density at radius 3 is 3.22 bits per heavy atom. The lowest BCUT2D eigenvalue weighted by molar-refractivity contribution is -0.389. The molecule has 0 amide bonds. The van der Waals surface area contributed by atoms with Crippen LogP contribution >= 0.6 is 11.3 Å². The van der Waals surface area contributed by atoms with Gasteiger partial charge in [0.15, 0.2) is 0 Å². The van der Waals surface area contributed by atoms with E-state index in [-0.39, 0.29) is 10.7 Å². The van der Waals surface area contributed by atoms with Gasteiger partial charge in [-0.15, -0.1) is 0 Å². The minimum absolute atomic E-state index is 0.0698. The second-order valence-corrected chi connectivity index (χ2v) is 5.25. The highest BCUT2D eigenvalue weighted by Crippen LogP contribution is 2.31. The number of fused-ring (bicyclic) bond motifs is 1. The number of anilines is 1. The molecule has 18 heavy (non-hydrogen) atoms. The van der Waals surface area contributed by atoms with Crippen LogP contribution in [0.25, 0.3) is 4.96 Å². The summed E-state index contributed by atoms with van der Waals surface area (Å²) in [6, 6.07) is 0.318. The van der Waals surface area contributed by atoms with E-state index in [1.807, 2.05) is 4.90 Å². The highest BCUT2D eigenvalue weighted by atomic mass is 32.1. The summed E-state index contributed by atoms with van der Waals surface area (Å²) in [7, 11) is 0. The lowest BCUT2D eigenvalue weighted by Crippen LogP contribution is -2.49. The number of imidazole rings is 1. The molecule has 0 aromatic carbocycles. The molecule has 7 nitrogen and oxygen atoms in total. The first-order valence-corrected chi connectivity index (χ1v) is 6.63. The normalized spacial score (nSPS) is 20.5. The summed E-state index contributed by atoms with van der Waals surface area (Å²) in [5.41, 5.74) is 0. The summed E-state index contributed by atoms with van der Waals surface area (Å²) >= 11 is 1.41. The Labute approximate surface area is 107 Å². The van der Waals surface area contributed by atoms with Gasteiger partial charge in [0.1, 0.15) is 6.20 Å². The summed E-state index contributed by atoms with van der Waals surface area (Å²) in [6.07, 6.45) is 1.69. The van der Waals surface area contributed by atoms with Crippen LogP contribution in [0.5, 0.6) is 0 Å². The maximum atomic E-state index is 11.2. The summed E-state index contributed by atoms with van der Waals surface area (Å²) in [4.78, 5) is 17.9. The van der Waals surface area contributed by atoms with E-state index in [9.17, 15) is 10.1 Å². The third-order valence-electron chi connectivity index (χ3n) is 3.06. The lowest BCUT2D eigenvalue weighted by Gasteiger charge is -2.31. The highest BCUT2D eigenvalue weighted by molar-refractivity contribution is 7.15. The molecule has 0 radical (unpaired) electrons. The Balaban J connectivity index is 2.07. The first kappa shape index (κ1) is 11.4. The van der Waals surface area contributed by atoms with Gasteiger partial charge in [-0.1, -0.05) is 11.3 Å². The van der Waals surface area contributed by atoms with Crippen LogP contribution in [0, 0.1) is 10.1 Å². The molecule has 2 aromatic rings. The molecule has 1 N–H and O–H groups in total. The fraction of sp³-hybridized carbons (Fsp3) is 0.500. The minimum atomic E-state index is -0.352. The zero-order valence-electron chi connectivity index (χ0n) is 9.87. The maximum absolute atomic E-state index is 11.2. The van der Waals surface area contributed by atoms with E-state index in [0.717, 1.165) is 19.6 Å². The van der Waals surface area contributed by atoms with E-state index in [2.05, 4.69) is 17.2 Å². The van der Waals surface area contributed by atoms with Crippen LogP contribution in [0.4, 0.5) is 11.6 Å². The number of thiazole rings is 1. The van der Waals surface area contributed by atoms with Crippen molar-refractivity contribution in [3.05, 3.63) is 21.7 Å². The number of rotatable bonds is 2. The molecule has 1 aliphatic rings. The van der Waals surface area contributed by atoms with Crippen LogP contribution in [-0.4, -0.2) is 40.0 Å². The number of piperazine rings is 1. The largest absolute Gasteiger partial charge is 0.373 e. The highest BCUT2D eigenvalue weighted by Gasteiger charge is 2.29. The van der Waals surface area contributed by atoms with Crippen molar-refractivity contribution in [2.24, 2.45) is 0 Å². The van der Waals surface area contributed by atoms with Gasteiger partial charge in [-0.2, -0.15) is 9.38 Å². The van der Waals surface area contributed by atoms with Crippen LogP contribution in [0.2, 0.25) is 0 Å². The summed E-state index contributed by atoms with van der Waals surface area (Å²) in [6.45, 7) is 4.38. The molecule has 2 aromatic heterocycles. The Hall–Kier alpha value is -1.67. The smallest absolute Gasteiger partial charge is 0.358 e. The van der Waals surface area contributed by atoms with Crippen molar-refractivity contribution in [3.63, 3.8) is 0 Å². The second kappa shape index (κ2) is 4.21. The lowest BCUT2D eigenvalue weighted by atomic mass is 10.2. The number of nitrogens with one attached hydrogen (secondary N) is 1. The van der Waals surface area contributed by atoms with Gasteiger partial charge in [0.2, 0.25) is 5.82 Å². The van der Waals surface area contributed by atoms with Crippen LogP contribution in [0.1, 0.15) is 6.92 Å². The second-order valence-electron chi connectivity index (χ2n) is 4.37. The fourth-order valence-electron chi connectivity index (χ4n) is 2.27. The first-order valence-electron chi connectivity index (χ1n) is 5.75. The number of nitrogens with zero attached hydrogens (tertiary/aromatic N) is 4. The van der Waals surface area contributed by atoms with Crippen molar-refractivity contribution in [2.75, 3.05) is 24.5 Å². The van der Waals surface area contributed by atoms with Gasteiger partial charge >= 0.3 is 5.82 Å². The van der Waals surface area contributed by atoms with Gasteiger partial charge in [0.25, 0.3) is 4.96 Å². The topological polar surface area (TPSA) is 75.7 Å². The third kappa shape index (κ3) is 1.73. The molecule has 96 valence electrons. The number of nitro groups is 1. The van der Waals surface area contributed by atoms with Gasteiger partial charge in [0.05, 0.1) is 0 Å². The molecule has 3 heterocycles. The number of aromatic nitrogens is 2. The molecular weight excluding hydrogens is 254 g/mol. The summed E-state index contributed by atoms with van der Waals surface area (Å²) in [5.74, 6) is 0.556. The summed E-state index contributed by atoms with van der Waals surface area (Å²) < 4.78 is 1.55. The molecular formula is C10H13N5O2S. The van der Waals surface area contributed by atoms with E-state index in [1.165, 1.54) is 11.3 Å². The van der Waals surface area contributed by atoms with Gasteiger partial charge in [0, 0.05) is 31.1 Å². The first-order chi connectivity index (χ1) is 8.66. The molecule has 0 saturated carbocycles. The zero-order chi connectivity index (χ0) is 12.7. The SMILES string of the molecule is CC1CN(c2nc3sccn3c2[N+](=O)[O-])CCN1.